The minimum Gasteiger partial charge on any atom is -0.478 e. The molecule has 6 heteroatoms. The maximum absolute atomic E-state index is 11.2. The van der Waals surface area contributed by atoms with E-state index in [-0.39, 0.29) is 6.42 Å². The Hall–Kier alpha value is -1.92. The summed E-state index contributed by atoms with van der Waals surface area (Å²) in [6.07, 6.45) is -0.0187. The van der Waals surface area contributed by atoms with Crippen LogP contribution in [0.5, 0.6) is 0 Å². The molecule has 0 amide bonds. The van der Waals surface area contributed by atoms with Crippen molar-refractivity contribution < 1.29 is 15.0 Å². The van der Waals surface area contributed by atoms with Crippen LogP contribution in [0.1, 0.15) is 18.9 Å². The lowest BCUT2D eigenvalue weighted by molar-refractivity contribution is -0.157. The molecule has 6 nitrogen and oxygen atoms in total. The van der Waals surface area contributed by atoms with Crippen molar-refractivity contribution in [1.29, 1.82) is 0 Å². The first-order valence-corrected chi connectivity index (χ1v) is 5.56. The molecule has 0 radical (unpaired) electrons. The van der Waals surface area contributed by atoms with Gasteiger partial charge in [0.05, 0.1) is 5.69 Å². The molecular weight excluding hydrogens is 234 g/mol. The first-order chi connectivity index (χ1) is 8.47. The number of aliphatic hydroxyl groups is 1. The van der Waals surface area contributed by atoms with Gasteiger partial charge in [-0.15, -0.1) is 0 Å². The van der Waals surface area contributed by atoms with Crippen LogP contribution in [-0.4, -0.2) is 27.6 Å². The van der Waals surface area contributed by atoms with Gasteiger partial charge in [-0.25, -0.2) is 9.80 Å². The number of hydrazone groups is 1. The average molecular weight is 249 g/mol. The molecule has 0 saturated carbocycles. The van der Waals surface area contributed by atoms with E-state index in [9.17, 15) is 9.90 Å². The van der Waals surface area contributed by atoms with E-state index >= 15 is 0 Å². The summed E-state index contributed by atoms with van der Waals surface area (Å²) < 4.78 is 0. The van der Waals surface area contributed by atoms with Gasteiger partial charge < -0.3 is 15.9 Å². The summed E-state index contributed by atoms with van der Waals surface area (Å²) in [5.74, 6) is -1.32. The maximum atomic E-state index is 11.2. The summed E-state index contributed by atoms with van der Waals surface area (Å²) in [5, 5.41) is 24.6. The zero-order valence-electron chi connectivity index (χ0n) is 10.00. The van der Waals surface area contributed by atoms with Crippen LogP contribution in [0, 0.1) is 0 Å². The predicted octanol–water partition coefficient (Wildman–Crippen LogP) is 0.505. The van der Waals surface area contributed by atoms with Crippen molar-refractivity contribution in [2.45, 2.75) is 25.6 Å². The monoisotopic (exact) mass is 249 g/mol. The van der Waals surface area contributed by atoms with Gasteiger partial charge in [-0.2, -0.15) is 5.10 Å². The molecular formula is C12H15N3O3. The number of hydrogen-bond acceptors (Lipinski definition) is 5. The molecule has 0 aromatic heterocycles. The second-order valence-electron chi connectivity index (χ2n) is 4.32. The van der Waals surface area contributed by atoms with Gasteiger partial charge in [-0.1, -0.05) is 12.1 Å². The molecule has 1 heterocycles. The van der Waals surface area contributed by atoms with E-state index in [0.717, 1.165) is 10.6 Å². The summed E-state index contributed by atoms with van der Waals surface area (Å²) in [4.78, 5) is 11.2. The van der Waals surface area contributed by atoms with Crippen LogP contribution in [0.15, 0.2) is 29.4 Å². The molecule has 18 heavy (non-hydrogen) atoms. The molecule has 1 aliphatic rings. The lowest BCUT2D eigenvalue weighted by atomic mass is 10.1. The third-order valence-corrected chi connectivity index (χ3v) is 2.86. The number of rotatable bonds is 3. The Balaban J connectivity index is 2.44. The Morgan fingerprint density at radius 1 is 1.61 bits per heavy atom. The van der Waals surface area contributed by atoms with E-state index in [4.69, 9.17) is 10.8 Å². The van der Waals surface area contributed by atoms with Crippen molar-refractivity contribution in [3.8, 4) is 0 Å². The van der Waals surface area contributed by atoms with Crippen molar-refractivity contribution in [3.05, 3.63) is 29.8 Å². The van der Waals surface area contributed by atoms with E-state index in [2.05, 4.69) is 5.10 Å². The first kappa shape index (κ1) is 12.5. The number of nitrogens with two attached hydrogens (primary N) is 1. The van der Waals surface area contributed by atoms with Crippen molar-refractivity contribution in [1.82, 2.24) is 0 Å². The molecule has 0 bridgehead atoms. The molecule has 0 fully saturated rings. The number of hydrogen-bond donors (Lipinski definition) is 3. The normalized spacial score (nSPS) is 23.1. The average Bonchev–Trinajstić information content (AvgIpc) is 2.66. The van der Waals surface area contributed by atoms with Crippen LogP contribution >= 0.6 is 0 Å². The molecule has 4 N–H and O–H groups in total. The fraction of sp³-hybridized carbons (Fsp3) is 0.333. The van der Waals surface area contributed by atoms with Gasteiger partial charge in [0.1, 0.15) is 0 Å². The number of benzene rings is 1. The number of carboxylic acid groups (broad SMARTS) is 1. The standard InChI is InChI=1S/C12H15N3O3/c1-8-6-12(18,11(16)17)15(14-8)10-4-2-3-9(5-10)7-13/h2-5,18H,6-7,13H2,1H3,(H,16,17). The molecule has 96 valence electrons. The zero-order chi connectivity index (χ0) is 13.3. The Morgan fingerprint density at radius 2 is 2.33 bits per heavy atom. The van der Waals surface area contributed by atoms with Gasteiger partial charge in [-0.05, 0) is 24.6 Å². The molecule has 0 aliphatic carbocycles. The van der Waals surface area contributed by atoms with Crippen LogP contribution in [0.2, 0.25) is 0 Å². The SMILES string of the molecule is CC1=NN(c2cccc(CN)c2)C(O)(C(=O)O)C1. The van der Waals surface area contributed by atoms with Gasteiger partial charge in [0.15, 0.2) is 0 Å². The highest BCUT2D eigenvalue weighted by atomic mass is 16.4. The molecule has 1 unspecified atom stereocenters. The lowest BCUT2D eigenvalue weighted by Crippen LogP contribution is -2.50. The Morgan fingerprint density at radius 3 is 2.94 bits per heavy atom. The minimum absolute atomic E-state index is 0.0187. The summed E-state index contributed by atoms with van der Waals surface area (Å²) in [6, 6.07) is 6.99. The van der Waals surface area contributed by atoms with Gasteiger partial charge >= 0.3 is 5.97 Å². The highest BCUT2D eigenvalue weighted by molar-refractivity contribution is 5.96. The second-order valence-corrected chi connectivity index (χ2v) is 4.32. The number of carbonyl (C=O) groups is 1. The molecule has 1 atom stereocenters. The number of nitrogens with zero attached hydrogens (tertiary/aromatic N) is 2. The Labute approximate surface area is 104 Å². The van der Waals surface area contributed by atoms with Gasteiger partial charge in [-0.3, -0.25) is 0 Å². The lowest BCUT2D eigenvalue weighted by Gasteiger charge is -2.28. The summed E-state index contributed by atoms with van der Waals surface area (Å²) in [5.41, 5.74) is 5.45. The van der Waals surface area contributed by atoms with Crippen molar-refractivity contribution in [3.63, 3.8) is 0 Å². The van der Waals surface area contributed by atoms with Crippen molar-refractivity contribution in [2.24, 2.45) is 10.8 Å². The van der Waals surface area contributed by atoms with Crippen LogP contribution < -0.4 is 10.7 Å². The molecule has 2 rings (SSSR count). The Kier molecular flexibility index (Phi) is 3.06. The molecule has 1 aromatic carbocycles. The summed E-state index contributed by atoms with van der Waals surface area (Å²) in [7, 11) is 0. The fourth-order valence-corrected chi connectivity index (χ4v) is 1.97. The van der Waals surface area contributed by atoms with E-state index in [1.165, 1.54) is 0 Å². The van der Waals surface area contributed by atoms with Gasteiger partial charge in [0.25, 0.3) is 5.72 Å². The third-order valence-electron chi connectivity index (χ3n) is 2.86. The summed E-state index contributed by atoms with van der Waals surface area (Å²) in [6.45, 7) is 2.02. The van der Waals surface area contributed by atoms with E-state index in [1.807, 2.05) is 6.07 Å². The van der Waals surface area contributed by atoms with Crippen LogP contribution in [0.3, 0.4) is 0 Å². The van der Waals surface area contributed by atoms with Crippen molar-refractivity contribution in [2.75, 3.05) is 5.01 Å². The van der Waals surface area contributed by atoms with Crippen LogP contribution in [-0.2, 0) is 11.3 Å². The smallest absolute Gasteiger partial charge is 0.359 e. The second kappa shape index (κ2) is 4.40. The number of carboxylic acids is 1. The highest BCUT2D eigenvalue weighted by Gasteiger charge is 2.47. The first-order valence-electron chi connectivity index (χ1n) is 5.56. The molecule has 0 spiro atoms. The minimum atomic E-state index is -2.02. The fourth-order valence-electron chi connectivity index (χ4n) is 1.97. The van der Waals surface area contributed by atoms with Crippen molar-refractivity contribution >= 4 is 17.4 Å². The number of aliphatic carboxylic acids is 1. The summed E-state index contributed by atoms with van der Waals surface area (Å²) >= 11 is 0. The topological polar surface area (TPSA) is 99.1 Å². The molecule has 0 saturated heterocycles. The molecule has 1 aromatic rings. The van der Waals surface area contributed by atoms with E-state index in [0.29, 0.717) is 17.9 Å². The molecule has 1 aliphatic heterocycles. The van der Waals surface area contributed by atoms with Gasteiger partial charge in [0.2, 0.25) is 0 Å². The zero-order valence-corrected chi connectivity index (χ0v) is 10.00. The van der Waals surface area contributed by atoms with E-state index < -0.39 is 11.7 Å². The largest absolute Gasteiger partial charge is 0.478 e. The van der Waals surface area contributed by atoms with Crippen LogP contribution in [0.4, 0.5) is 5.69 Å². The maximum Gasteiger partial charge on any atom is 0.359 e. The predicted molar refractivity (Wildman–Crippen MR) is 67.1 cm³/mol. The van der Waals surface area contributed by atoms with E-state index in [1.54, 1.807) is 25.1 Å². The number of anilines is 1. The Bertz CT molecular complexity index is 515. The third kappa shape index (κ3) is 1.96. The quantitative estimate of drug-likeness (QED) is 0.724. The van der Waals surface area contributed by atoms with Crippen LogP contribution in [0.25, 0.3) is 0 Å². The highest BCUT2D eigenvalue weighted by Crippen LogP contribution is 2.31. The van der Waals surface area contributed by atoms with Gasteiger partial charge in [0, 0.05) is 18.7 Å².